The van der Waals surface area contributed by atoms with Crippen LogP contribution in [-0.4, -0.2) is 54.2 Å². The zero-order chi connectivity index (χ0) is 33.9. The fourth-order valence-corrected chi connectivity index (χ4v) is 4.80. The number of carbonyl (C=O) groups is 4. The molecule has 3 amide bonds. The predicted molar refractivity (Wildman–Crippen MR) is 179 cm³/mol. The molecule has 3 aromatic rings. The van der Waals surface area contributed by atoms with Crippen LogP contribution < -0.4 is 16.0 Å². The van der Waals surface area contributed by atoms with Crippen LogP contribution >= 0.6 is 0 Å². The highest BCUT2D eigenvalue weighted by atomic mass is 16.6. The fraction of sp³-hybridized carbons (Fsp3) is 0.297. The van der Waals surface area contributed by atoms with Crippen LogP contribution in [0.5, 0.6) is 0 Å². The molecular formula is C37H43N3O7. The van der Waals surface area contributed by atoms with Gasteiger partial charge in [0.25, 0.3) is 0 Å². The van der Waals surface area contributed by atoms with Gasteiger partial charge in [-0.15, -0.1) is 13.2 Å². The lowest BCUT2D eigenvalue weighted by Gasteiger charge is -2.24. The minimum Gasteiger partial charge on any atom is -0.454 e. The molecule has 47 heavy (non-hydrogen) atoms. The number of alkyl carbamates (subject to hydrolysis) is 1. The molecule has 0 unspecified atom stereocenters. The molecule has 0 spiro atoms. The van der Waals surface area contributed by atoms with Crippen LogP contribution in [0, 0.1) is 5.92 Å². The number of esters is 1. The maximum Gasteiger partial charge on any atom is 0.408 e. The first kappa shape index (κ1) is 36.3. The number of rotatable bonds is 19. The topological polar surface area (TPSA) is 143 Å². The lowest BCUT2D eigenvalue weighted by molar-refractivity contribution is -0.152. The summed E-state index contributed by atoms with van der Waals surface area (Å²) in [6.07, 6.45) is 1.98. The van der Waals surface area contributed by atoms with Crippen molar-refractivity contribution in [2.45, 2.75) is 50.5 Å². The number of amides is 3. The normalized spacial score (nSPS) is 13.1. The Morgan fingerprint density at radius 2 is 1.38 bits per heavy atom. The Kier molecular flexibility index (Phi) is 15.4. The second-order valence-corrected chi connectivity index (χ2v) is 10.9. The Balaban J connectivity index is 1.61. The molecule has 10 nitrogen and oxygen atoms in total. The van der Waals surface area contributed by atoms with E-state index in [2.05, 4.69) is 29.1 Å². The Morgan fingerprint density at radius 1 is 0.787 bits per heavy atom. The number of aliphatic hydroxyl groups excluding tert-OH is 1. The molecule has 10 heteroatoms. The van der Waals surface area contributed by atoms with Gasteiger partial charge >= 0.3 is 12.1 Å². The lowest BCUT2D eigenvalue weighted by atomic mass is 9.98. The van der Waals surface area contributed by atoms with Crippen LogP contribution in [0.1, 0.15) is 42.1 Å². The van der Waals surface area contributed by atoms with Crippen LogP contribution in [0.3, 0.4) is 0 Å². The summed E-state index contributed by atoms with van der Waals surface area (Å²) in [5.41, 5.74) is 2.37. The van der Waals surface area contributed by atoms with Gasteiger partial charge in [0.2, 0.25) is 11.8 Å². The average Bonchev–Trinajstić information content (AvgIpc) is 3.09. The van der Waals surface area contributed by atoms with E-state index in [1.807, 2.05) is 66.7 Å². The number of hydrogen-bond acceptors (Lipinski definition) is 7. The molecule has 0 saturated carbocycles. The SMILES string of the molecule is C=CC[C@H](CC(=O)N[C@@H](CO)Cc1ccccc1)C(=O)NC[C@@H](OC(=O)[C@@H](CC=C)NC(=O)OCc1ccccc1)c1ccccc1. The summed E-state index contributed by atoms with van der Waals surface area (Å²) < 4.78 is 11.1. The molecule has 3 rings (SSSR count). The molecule has 0 aromatic heterocycles. The van der Waals surface area contributed by atoms with Gasteiger partial charge in [-0.1, -0.05) is 103 Å². The van der Waals surface area contributed by atoms with Gasteiger partial charge < -0.3 is 30.5 Å². The fourth-order valence-electron chi connectivity index (χ4n) is 4.80. The van der Waals surface area contributed by atoms with Crippen LogP contribution in [0.25, 0.3) is 0 Å². The highest BCUT2D eigenvalue weighted by Crippen LogP contribution is 2.19. The predicted octanol–water partition coefficient (Wildman–Crippen LogP) is 4.56. The summed E-state index contributed by atoms with van der Waals surface area (Å²) >= 11 is 0. The number of ether oxygens (including phenoxy) is 2. The van der Waals surface area contributed by atoms with Crippen molar-refractivity contribution in [2.24, 2.45) is 5.92 Å². The van der Waals surface area contributed by atoms with Crippen molar-refractivity contribution in [3.8, 4) is 0 Å². The van der Waals surface area contributed by atoms with Crippen molar-refractivity contribution in [1.82, 2.24) is 16.0 Å². The second kappa shape index (κ2) is 20.0. The van der Waals surface area contributed by atoms with Gasteiger partial charge in [0.05, 0.1) is 25.1 Å². The molecule has 0 aliphatic heterocycles. The van der Waals surface area contributed by atoms with E-state index in [0.29, 0.717) is 12.0 Å². The molecule has 248 valence electrons. The van der Waals surface area contributed by atoms with Crippen molar-refractivity contribution >= 4 is 23.9 Å². The van der Waals surface area contributed by atoms with Crippen LogP contribution in [0.2, 0.25) is 0 Å². The standard InChI is InChI=1S/C37H43N3O7/c1-3-14-30(23-34(42)39-31(25-41)22-27-16-8-5-9-17-27)35(43)38-24-33(29-20-12-7-13-21-29)47-36(44)32(15-4-2)40-37(45)46-26-28-18-10-6-11-19-28/h3-13,16-21,30-33,41H,1-2,14-15,22-26H2,(H,38,43)(H,39,42)(H,40,45)/t30-,31-,32-,33-/m1/s1. The largest absolute Gasteiger partial charge is 0.454 e. The monoisotopic (exact) mass is 641 g/mol. The van der Waals surface area contributed by atoms with Crippen LogP contribution in [0.15, 0.2) is 116 Å². The van der Waals surface area contributed by atoms with E-state index in [0.717, 1.165) is 11.1 Å². The molecule has 4 atom stereocenters. The van der Waals surface area contributed by atoms with E-state index in [9.17, 15) is 24.3 Å². The number of aliphatic hydroxyl groups is 1. The molecule has 4 N–H and O–H groups in total. The van der Waals surface area contributed by atoms with E-state index in [4.69, 9.17) is 9.47 Å². The lowest BCUT2D eigenvalue weighted by Crippen LogP contribution is -2.44. The third-order valence-corrected chi connectivity index (χ3v) is 7.25. The Labute approximate surface area is 275 Å². The molecule has 0 radical (unpaired) electrons. The number of carbonyl (C=O) groups excluding carboxylic acids is 4. The van der Waals surface area contributed by atoms with Gasteiger partial charge in [-0.3, -0.25) is 9.59 Å². The maximum absolute atomic E-state index is 13.3. The minimum absolute atomic E-state index is 0.0266. The zero-order valence-corrected chi connectivity index (χ0v) is 26.4. The summed E-state index contributed by atoms with van der Waals surface area (Å²) in [5, 5.41) is 18.0. The number of allylic oxidation sites excluding steroid dienone is 1. The first-order valence-electron chi connectivity index (χ1n) is 15.5. The molecule has 3 aromatic carbocycles. The van der Waals surface area contributed by atoms with E-state index < -0.39 is 42.1 Å². The first-order valence-corrected chi connectivity index (χ1v) is 15.5. The highest BCUT2D eigenvalue weighted by molar-refractivity contribution is 5.86. The van der Waals surface area contributed by atoms with Crippen molar-refractivity contribution in [1.29, 1.82) is 0 Å². The van der Waals surface area contributed by atoms with E-state index in [1.54, 1.807) is 30.3 Å². The van der Waals surface area contributed by atoms with E-state index in [1.165, 1.54) is 6.08 Å². The first-order chi connectivity index (χ1) is 22.8. The number of benzene rings is 3. The number of nitrogens with one attached hydrogen (secondary N) is 3. The van der Waals surface area contributed by atoms with Crippen molar-refractivity contribution < 1.29 is 33.8 Å². The Hall–Kier alpha value is -5.22. The molecule has 0 heterocycles. The molecule has 0 bridgehead atoms. The number of hydrogen-bond donors (Lipinski definition) is 4. The summed E-state index contributed by atoms with van der Waals surface area (Å²) in [4.78, 5) is 51.9. The second-order valence-electron chi connectivity index (χ2n) is 10.9. The molecule has 0 aliphatic carbocycles. The summed E-state index contributed by atoms with van der Waals surface area (Å²) in [7, 11) is 0. The molecule has 0 fully saturated rings. The molecular weight excluding hydrogens is 598 g/mol. The van der Waals surface area contributed by atoms with Crippen LogP contribution in [0.4, 0.5) is 4.79 Å². The van der Waals surface area contributed by atoms with Crippen molar-refractivity contribution in [3.63, 3.8) is 0 Å². The van der Waals surface area contributed by atoms with Gasteiger partial charge in [0, 0.05) is 6.42 Å². The highest BCUT2D eigenvalue weighted by Gasteiger charge is 2.28. The van der Waals surface area contributed by atoms with E-state index >= 15 is 0 Å². The third kappa shape index (κ3) is 13.0. The summed E-state index contributed by atoms with van der Waals surface area (Å²) in [6, 6.07) is 25.9. The summed E-state index contributed by atoms with van der Waals surface area (Å²) in [6.45, 7) is 7.08. The maximum atomic E-state index is 13.3. The minimum atomic E-state index is -1.08. The smallest absolute Gasteiger partial charge is 0.408 e. The van der Waals surface area contributed by atoms with Gasteiger partial charge in [-0.05, 0) is 36.0 Å². The molecule has 0 aliphatic rings. The summed E-state index contributed by atoms with van der Waals surface area (Å²) in [5.74, 6) is -2.29. The Morgan fingerprint density at radius 3 is 1.98 bits per heavy atom. The third-order valence-electron chi connectivity index (χ3n) is 7.25. The average molecular weight is 642 g/mol. The van der Waals surface area contributed by atoms with Crippen LogP contribution in [-0.2, 0) is 36.9 Å². The van der Waals surface area contributed by atoms with Gasteiger partial charge in [0.1, 0.15) is 18.8 Å². The van der Waals surface area contributed by atoms with Gasteiger partial charge in [-0.25, -0.2) is 9.59 Å². The van der Waals surface area contributed by atoms with Crippen molar-refractivity contribution in [2.75, 3.05) is 13.2 Å². The van der Waals surface area contributed by atoms with E-state index in [-0.39, 0.29) is 44.9 Å². The van der Waals surface area contributed by atoms with Gasteiger partial charge in [-0.2, -0.15) is 0 Å². The molecule has 0 saturated heterocycles. The quantitative estimate of drug-likeness (QED) is 0.111. The zero-order valence-electron chi connectivity index (χ0n) is 26.4. The Bertz CT molecular complexity index is 1430. The van der Waals surface area contributed by atoms with Crippen molar-refractivity contribution in [3.05, 3.63) is 133 Å². The van der Waals surface area contributed by atoms with Gasteiger partial charge in [0.15, 0.2) is 0 Å².